The highest BCUT2D eigenvalue weighted by Crippen LogP contribution is 2.50. The number of para-hydroxylation sites is 1. The molecular weight excluding hydrogens is 833 g/mol. The lowest BCUT2D eigenvalue weighted by atomic mass is 9.63. The molecule has 1 aliphatic carbocycles. The van der Waals surface area contributed by atoms with Crippen molar-refractivity contribution in [2.75, 3.05) is 0 Å². The van der Waals surface area contributed by atoms with E-state index in [4.69, 9.17) is 9.97 Å². The first-order valence-corrected chi connectivity index (χ1v) is 24.3. The maximum absolute atomic E-state index is 5.70. The molecule has 0 atom stereocenters. The van der Waals surface area contributed by atoms with Gasteiger partial charge < -0.3 is 4.57 Å². The smallest absolute Gasteiger partial charge is 0.235 e. The molecule has 1 aliphatic rings. The third-order valence-electron chi connectivity index (χ3n) is 15.2. The van der Waals surface area contributed by atoms with Gasteiger partial charge in [0.15, 0.2) is 0 Å². The van der Waals surface area contributed by atoms with Crippen molar-refractivity contribution in [3.63, 3.8) is 0 Å². The summed E-state index contributed by atoms with van der Waals surface area (Å²) in [6.45, 7) is 9.72. The quantitative estimate of drug-likeness (QED) is 0.177. The molecule has 320 valence electrons. The summed E-state index contributed by atoms with van der Waals surface area (Å²) in [5.41, 5.74) is 14.3. The van der Waals surface area contributed by atoms with Crippen LogP contribution in [0.25, 0.3) is 119 Å². The Balaban J connectivity index is 1.09. The molecule has 67 heavy (non-hydrogen) atoms. The Hall–Kier alpha value is -7.60. The van der Waals surface area contributed by atoms with E-state index in [1.54, 1.807) is 11.3 Å². The Bertz CT molecular complexity index is 4210. The third kappa shape index (κ3) is 5.71. The Morgan fingerprint density at radius 1 is 0.433 bits per heavy atom. The Morgan fingerprint density at radius 3 is 1.84 bits per heavy atom. The number of benzene rings is 9. The zero-order chi connectivity index (χ0) is 44.8. The first-order chi connectivity index (χ1) is 32.7. The van der Waals surface area contributed by atoms with E-state index < -0.39 is 0 Å². The maximum Gasteiger partial charge on any atom is 0.235 e. The van der Waals surface area contributed by atoms with Crippen LogP contribution in [0.1, 0.15) is 51.7 Å². The molecule has 9 aromatic carbocycles. The highest BCUT2D eigenvalue weighted by Gasteiger charge is 2.38. The van der Waals surface area contributed by atoms with E-state index in [2.05, 4.69) is 219 Å². The van der Waals surface area contributed by atoms with E-state index >= 15 is 0 Å². The van der Waals surface area contributed by atoms with Crippen LogP contribution in [0.4, 0.5) is 0 Å². The van der Waals surface area contributed by atoms with E-state index in [9.17, 15) is 0 Å². The van der Waals surface area contributed by atoms with Crippen LogP contribution in [0.3, 0.4) is 0 Å². The summed E-state index contributed by atoms with van der Waals surface area (Å²) in [5.74, 6) is 0.668. The van der Waals surface area contributed by atoms with Crippen molar-refractivity contribution in [2.24, 2.45) is 0 Å². The highest BCUT2D eigenvalue weighted by atomic mass is 32.1. The van der Waals surface area contributed by atoms with Gasteiger partial charge in [-0.15, -0.1) is 11.3 Å². The van der Waals surface area contributed by atoms with Gasteiger partial charge in [-0.2, -0.15) is 0 Å². The Labute approximate surface area is 392 Å². The normalized spacial score (nSPS) is 14.7. The zero-order valence-electron chi connectivity index (χ0n) is 37.9. The molecule has 0 fully saturated rings. The van der Waals surface area contributed by atoms with E-state index in [0.29, 0.717) is 5.95 Å². The van der Waals surface area contributed by atoms with Gasteiger partial charge in [-0.25, -0.2) is 9.97 Å². The minimum atomic E-state index is 0.0725. The lowest BCUT2D eigenvalue weighted by Crippen LogP contribution is -2.33. The molecule has 5 heteroatoms. The van der Waals surface area contributed by atoms with Crippen molar-refractivity contribution in [1.29, 1.82) is 0 Å². The van der Waals surface area contributed by atoms with Gasteiger partial charge in [-0.1, -0.05) is 149 Å². The lowest BCUT2D eigenvalue weighted by Gasteiger charge is -2.42. The molecule has 4 nitrogen and oxygen atoms in total. The first-order valence-electron chi connectivity index (χ1n) is 23.5. The number of aromatic nitrogens is 4. The second kappa shape index (κ2) is 14.0. The molecule has 4 heterocycles. The molecule has 0 unspecified atom stereocenters. The fourth-order valence-corrected chi connectivity index (χ4v) is 12.7. The standard InChI is InChI=1S/C62H46N4S/c1-61(2)29-30-62(3,4)50-35-52-47(34-49(50)61)46-33-48-54(36-53(46)65(52)43-18-9-6-10-19-43)66(51-28-27-38-17-11-12-20-44(38)56(48)51)60-63-57(59-58(64-60)45-21-13-14-22-55(45)67-59)42-26-25-40-31-39(23-24-41(40)32-42)37-15-7-5-8-16-37/h5-28,31-36H,29-30H2,1-4H3. The van der Waals surface area contributed by atoms with Crippen molar-refractivity contribution < 1.29 is 0 Å². The summed E-state index contributed by atoms with van der Waals surface area (Å²) in [6.07, 6.45) is 2.33. The number of hydrogen-bond donors (Lipinski definition) is 0. The van der Waals surface area contributed by atoms with Crippen molar-refractivity contribution in [3.05, 3.63) is 193 Å². The van der Waals surface area contributed by atoms with Gasteiger partial charge in [-0.05, 0) is 128 Å². The predicted octanol–water partition coefficient (Wildman–Crippen LogP) is 17.0. The van der Waals surface area contributed by atoms with Crippen molar-refractivity contribution in [2.45, 2.75) is 51.4 Å². The molecule has 13 aromatic rings. The van der Waals surface area contributed by atoms with Gasteiger partial charge in [0.25, 0.3) is 0 Å². The molecule has 0 saturated carbocycles. The molecule has 0 spiro atoms. The Morgan fingerprint density at radius 2 is 1.04 bits per heavy atom. The van der Waals surface area contributed by atoms with Crippen molar-refractivity contribution in [1.82, 2.24) is 19.1 Å². The first kappa shape index (κ1) is 38.6. The maximum atomic E-state index is 5.70. The van der Waals surface area contributed by atoms with Crippen LogP contribution in [-0.4, -0.2) is 19.1 Å². The lowest BCUT2D eigenvalue weighted by molar-refractivity contribution is 0.332. The van der Waals surface area contributed by atoms with Crippen LogP contribution in [0.5, 0.6) is 0 Å². The van der Waals surface area contributed by atoms with Crippen LogP contribution in [0, 0.1) is 0 Å². The van der Waals surface area contributed by atoms with Crippen molar-refractivity contribution >= 4 is 96.8 Å². The van der Waals surface area contributed by atoms with Gasteiger partial charge in [0.1, 0.15) is 0 Å². The van der Waals surface area contributed by atoms with Gasteiger partial charge >= 0.3 is 0 Å². The second-order valence-corrected chi connectivity index (χ2v) is 21.1. The Kier molecular flexibility index (Phi) is 8.05. The summed E-state index contributed by atoms with van der Waals surface area (Å²) < 4.78 is 7.15. The number of nitrogens with zero attached hydrogens (tertiary/aromatic N) is 4. The largest absolute Gasteiger partial charge is 0.309 e. The molecule has 14 rings (SSSR count). The SMILES string of the molecule is CC1(C)CCC(C)(C)c2cc3c(cc21)c1cc2c4c5ccccc5ccc4n(-c4nc(-c5ccc6cc(-c7ccccc7)ccc6c5)c5sc6ccccc6c5n4)c2cc1n3-c1ccccc1. The van der Waals surface area contributed by atoms with Gasteiger partial charge in [-0.3, -0.25) is 4.57 Å². The predicted molar refractivity (Wildman–Crippen MR) is 285 cm³/mol. The molecule has 0 amide bonds. The fourth-order valence-electron chi connectivity index (χ4n) is 11.5. The van der Waals surface area contributed by atoms with Crippen molar-refractivity contribution in [3.8, 4) is 34.0 Å². The van der Waals surface area contributed by atoms with Gasteiger partial charge in [0.2, 0.25) is 5.95 Å². The average Bonchev–Trinajstić information content (AvgIpc) is 4.01. The summed E-state index contributed by atoms with van der Waals surface area (Å²) in [7, 11) is 0. The molecule has 0 aliphatic heterocycles. The molecular formula is C62H46N4S. The number of thiophene rings is 1. The van der Waals surface area contributed by atoms with E-state index in [1.165, 1.54) is 87.5 Å². The summed E-state index contributed by atoms with van der Waals surface area (Å²) in [5, 5.41) is 10.9. The number of rotatable bonds is 4. The molecule has 0 radical (unpaired) electrons. The molecule has 0 bridgehead atoms. The van der Waals surface area contributed by atoms with E-state index in [-0.39, 0.29) is 10.8 Å². The summed E-state index contributed by atoms with van der Waals surface area (Å²) in [4.78, 5) is 11.3. The zero-order valence-corrected chi connectivity index (χ0v) is 38.7. The van der Waals surface area contributed by atoms with Crippen LogP contribution in [0.2, 0.25) is 0 Å². The third-order valence-corrected chi connectivity index (χ3v) is 16.3. The number of fused-ring (bicyclic) bond motifs is 13. The second-order valence-electron chi connectivity index (χ2n) is 20.0. The van der Waals surface area contributed by atoms with Crippen LogP contribution < -0.4 is 0 Å². The monoisotopic (exact) mass is 878 g/mol. The minimum Gasteiger partial charge on any atom is -0.309 e. The van der Waals surface area contributed by atoms with E-state index in [1.807, 2.05) is 0 Å². The number of hydrogen-bond acceptors (Lipinski definition) is 3. The summed E-state index contributed by atoms with van der Waals surface area (Å²) in [6, 6.07) is 67.2. The van der Waals surface area contributed by atoms with Gasteiger partial charge in [0.05, 0.1) is 38.0 Å². The topological polar surface area (TPSA) is 35.6 Å². The molecule has 0 saturated heterocycles. The minimum absolute atomic E-state index is 0.0725. The molecule has 0 N–H and O–H groups in total. The fraction of sp³-hybridized carbons (Fsp3) is 0.129. The summed E-state index contributed by atoms with van der Waals surface area (Å²) >= 11 is 1.78. The highest BCUT2D eigenvalue weighted by molar-refractivity contribution is 7.26. The van der Waals surface area contributed by atoms with Crippen LogP contribution in [0.15, 0.2) is 182 Å². The average molecular weight is 879 g/mol. The van der Waals surface area contributed by atoms with Gasteiger partial charge in [0, 0.05) is 42.9 Å². The van der Waals surface area contributed by atoms with Crippen LogP contribution in [-0.2, 0) is 10.8 Å². The van der Waals surface area contributed by atoms with E-state index in [0.717, 1.165) is 50.0 Å². The molecule has 4 aromatic heterocycles. The van der Waals surface area contributed by atoms with Crippen LogP contribution >= 0.6 is 11.3 Å².